The third kappa shape index (κ3) is 7.04. The molecule has 2 bridgehead atoms. The summed E-state index contributed by atoms with van der Waals surface area (Å²) in [5.74, 6) is 0. The molecule has 0 amide bonds. The molecule has 0 aromatic heterocycles. The summed E-state index contributed by atoms with van der Waals surface area (Å²) in [6, 6.07) is 65.9. The fourth-order valence-corrected chi connectivity index (χ4v) is 8.97. The highest BCUT2D eigenvalue weighted by molar-refractivity contribution is 6.94. The van der Waals surface area contributed by atoms with Gasteiger partial charge in [0.2, 0.25) is 6.71 Å². The van der Waals surface area contributed by atoms with Crippen LogP contribution in [0.5, 0.6) is 0 Å². The molecule has 1 N–H and O–H groups in total. The van der Waals surface area contributed by atoms with Gasteiger partial charge in [0.15, 0.2) is 0 Å². The Morgan fingerprint density at radius 1 is 0.576 bits per heavy atom. The lowest BCUT2D eigenvalue weighted by molar-refractivity contribution is 0.917. The van der Waals surface area contributed by atoms with E-state index in [1.807, 2.05) is 0 Å². The smallest absolute Gasteiger partial charge is 0.249 e. The molecule has 0 unspecified atom stereocenters. The molecule has 1 aliphatic carbocycles. The van der Waals surface area contributed by atoms with E-state index in [1.165, 1.54) is 55.6 Å². The number of rotatable bonds is 8. The van der Waals surface area contributed by atoms with Crippen molar-refractivity contribution in [2.75, 3.05) is 15.1 Å². The molecule has 0 radical (unpaired) electrons. The van der Waals surface area contributed by atoms with E-state index >= 15 is 0 Å². The summed E-state index contributed by atoms with van der Waals surface area (Å²) in [4.78, 5) is 4.91. The van der Waals surface area contributed by atoms with E-state index in [-0.39, 0.29) is 6.71 Å². The monoisotopic (exact) mass is 757 g/mol. The van der Waals surface area contributed by atoms with Gasteiger partial charge in [0, 0.05) is 45.5 Å². The predicted octanol–water partition coefficient (Wildman–Crippen LogP) is 13.0. The van der Waals surface area contributed by atoms with Crippen LogP contribution in [0.2, 0.25) is 0 Å². The maximum Gasteiger partial charge on any atom is 0.249 e. The number of anilines is 5. The minimum atomic E-state index is -0.0538. The molecule has 7 aromatic carbocycles. The molecule has 0 saturated heterocycles. The van der Waals surface area contributed by atoms with E-state index in [0.717, 1.165) is 47.0 Å². The second-order valence-electron chi connectivity index (χ2n) is 15.4. The van der Waals surface area contributed by atoms with Crippen LogP contribution in [0.1, 0.15) is 25.3 Å². The number of hydrogen-bond donors (Lipinski definition) is 1. The lowest BCUT2D eigenvalue weighted by Gasteiger charge is -2.41. The van der Waals surface area contributed by atoms with Crippen LogP contribution >= 0.6 is 0 Å². The highest BCUT2D eigenvalue weighted by Gasteiger charge is 2.40. The lowest BCUT2D eigenvalue weighted by Crippen LogP contribution is -2.53. The van der Waals surface area contributed by atoms with Crippen LogP contribution in [-0.4, -0.2) is 6.71 Å². The van der Waals surface area contributed by atoms with Gasteiger partial charge in [0.1, 0.15) is 0 Å². The molecule has 59 heavy (non-hydrogen) atoms. The summed E-state index contributed by atoms with van der Waals surface area (Å²) in [5.41, 5.74) is 19.0. The van der Waals surface area contributed by atoms with Crippen LogP contribution in [0.3, 0.4) is 0 Å². The van der Waals surface area contributed by atoms with Crippen LogP contribution in [0.4, 0.5) is 28.4 Å². The van der Waals surface area contributed by atoms with Crippen LogP contribution in [0, 0.1) is 0 Å². The van der Waals surface area contributed by atoms with Crippen molar-refractivity contribution in [3.63, 3.8) is 0 Å². The van der Waals surface area contributed by atoms with Crippen molar-refractivity contribution in [3.8, 4) is 22.3 Å². The summed E-state index contributed by atoms with van der Waals surface area (Å²) >= 11 is 0. The Bertz CT molecular complexity index is 2800. The summed E-state index contributed by atoms with van der Waals surface area (Å²) < 4.78 is 0. The first-order valence-corrected chi connectivity index (χ1v) is 20.6. The maximum atomic E-state index is 3.93. The number of nitrogens with zero attached hydrogens (tertiary/aromatic N) is 2. The third-order valence-corrected chi connectivity index (χ3v) is 11.7. The largest absolute Gasteiger partial charge is 0.360 e. The zero-order valence-corrected chi connectivity index (χ0v) is 33.2. The predicted molar refractivity (Wildman–Crippen MR) is 252 cm³/mol. The maximum absolute atomic E-state index is 3.93. The van der Waals surface area contributed by atoms with Crippen molar-refractivity contribution in [1.29, 1.82) is 0 Å². The average Bonchev–Trinajstić information content (AvgIpc) is 3.30. The Morgan fingerprint density at radius 3 is 1.95 bits per heavy atom. The quantitative estimate of drug-likeness (QED) is 0.156. The van der Waals surface area contributed by atoms with Crippen molar-refractivity contribution < 1.29 is 0 Å². The third-order valence-electron chi connectivity index (χ3n) is 11.7. The zero-order valence-electron chi connectivity index (χ0n) is 33.2. The van der Waals surface area contributed by atoms with Gasteiger partial charge in [-0.2, -0.15) is 0 Å². The minimum absolute atomic E-state index is 0.0538. The number of para-hydroxylation sites is 2. The van der Waals surface area contributed by atoms with E-state index in [0.29, 0.717) is 0 Å². The fraction of sp³-hybridized carbons (Fsp3) is 0.0545. The first-order chi connectivity index (χ1) is 29.2. The number of allylic oxidation sites excluding steroid dienone is 8. The van der Waals surface area contributed by atoms with E-state index in [2.05, 4.69) is 240 Å². The molecule has 2 aliphatic heterocycles. The van der Waals surface area contributed by atoms with E-state index in [1.54, 1.807) is 0 Å². The highest BCUT2D eigenvalue weighted by atomic mass is 15.2. The van der Waals surface area contributed by atoms with Gasteiger partial charge in [-0.15, -0.1) is 0 Å². The molecule has 7 aromatic rings. The molecular weight excluding hydrogens is 713 g/mol. The van der Waals surface area contributed by atoms with Crippen LogP contribution < -0.4 is 26.0 Å². The highest BCUT2D eigenvalue weighted by Crippen LogP contribution is 2.43. The fourth-order valence-electron chi connectivity index (χ4n) is 8.97. The molecule has 0 fully saturated rings. The van der Waals surface area contributed by atoms with E-state index < -0.39 is 0 Å². The number of nitrogens with one attached hydrogen (secondary N) is 1. The van der Waals surface area contributed by atoms with Gasteiger partial charge in [-0.25, -0.2) is 0 Å². The molecule has 0 spiro atoms. The van der Waals surface area contributed by atoms with E-state index in [4.69, 9.17) is 0 Å². The zero-order chi connectivity index (χ0) is 39.5. The standard InChI is InChI=1S/C55H44BN3/c1-40(57-46-25-17-23-43(38-46)41-19-7-2-8-20-41)55-53-32-18-24-45-37-44(42-21-9-3-10-22-42)33-35-51(45)56(55)52-36-34-50(39-54(52)59(53)49-30-15-6-16-31-49)58(47-26-11-4-12-27-47)48-28-13-5-14-29-48/h2-13,15-28,30-39,57H,14,29H2,1H3/b24-18-,53-32+,55-40-. The normalized spacial score (nSPS) is 16.4. The molecule has 0 saturated carbocycles. The van der Waals surface area contributed by atoms with Crippen molar-refractivity contribution in [2.24, 2.45) is 0 Å². The summed E-state index contributed by atoms with van der Waals surface area (Å²) in [6.07, 6.45) is 15.6. The Kier molecular flexibility index (Phi) is 9.73. The summed E-state index contributed by atoms with van der Waals surface area (Å²) in [5, 5.41) is 3.93. The van der Waals surface area contributed by atoms with Crippen molar-refractivity contribution in [3.05, 3.63) is 240 Å². The molecular formula is C55H44BN3. The van der Waals surface area contributed by atoms with E-state index in [9.17, 15) is 0 Å². The summed E-state index contributed by atoms with van der Waals surface area (Å²) in [6.45, 7) is 2.19. The second kappa shape index (κ2) is 15.9. The minimum Gasteiger partial charge on any atom is -0.360 e. The van der Waals surface area contributed by atoms with Crippen molar-refractivity contribution in [1.82, 2.24) is 0 Å². The van der Waals surface area contributed by atoms with Gasteiger partial charge in [0.05, 0.1) is 0 Å². The van der Waals surface area contributed by atoms with Crippen molar-refractivity contribution >= 4 is 52.2 Å². The number of hydrogen-bond acceptors (Lipinski definition) is 3. The Hall–Kier alpha value is -7.30. The summed E-state index contributed by atoms with van der Waals surface area (Å²) in [7, 11) is 0. The first-order valence-electron chi connectivity index (χ1n) is 20.6. The van der Waals surface area contributed by atoms with Gasteiger partial charge in [-0.3, -0.25) is 0 Å². The van der Waals surface area contributed by atoms with Crippen LogP contribution in [0.15, 0.2) is 235 Å². The van der Waals surface area contributed by atoms with Gasteiger partial charge >= 0.3 is 0 Å². The van der Waals surface area contributed by atoms with Crippen molar-refractivity contribution in [2.45, 2.75) is 19.8 Å². The molecule has 10 rings (SSSR count). The van der Waals surface area contributed by atoms with Gasteiger partial charge in [0.25, 0.3) is 0 Å². The van der Waals surface area contributed by atoms with Gasteiger partial charge < -0.3 is 15.1 Å². The van der Waals surface area contributed by atoms with Crippen LogP contribution in [-0.2, 0) is 0 Å². The Balaban J connectivity index is 1.20. The SMILES string of the molecule is C\C(Nc1cccc(-c2ccccc2)c1)=C1B2c3ccc(-c4ccccc4)cc3\C=C/C=C\1N(c1ccccc1)c1cc(N(C3=CC=CCC3)c3ccccc3)ccc12. The Morgan fingerprint density at radius 2 is 1.24 bits per heavy atom. The van der Waals surface area contributed by atoms with Gasteiger partial charge in [-0.05, 0) is 125 Å². The topological polar surface area (TPSA) is 18.5 Å². The Labute approximate surface area is 348 Å². The first kappa shape index (κ1) is 36.1. The lowest BCUT2D eigenvalue weighted by atomic mass is 9.33. The molecule has 3 nitrogen and oxygen atoms in total. The van der Waals surface area contributed by atoms with Gasteiger partial charge in [-0.1, -0.05) is 157 Å². The van der Waals surface area contributed by atoms with Crippen LogP contribution in [0.25, 0.3) is 28.3 Å². The number of fused-ring (bicyclic) bond motifs is 6. The molecule has 0 atom stereocenters. The molecule has 282 valence electrons. The molecule has 3 aliphatic rings. The molecule has 4 heteroatoms. The second-order valence-corrected chi connectivity index (χ2v) is 15.4. The molecule has 2 heterocycles. The number of benzene rings is 7. The average molecular weight is 758 g/mol.